The van der Waals surface area contributed by atoms with E-state index in [-0.39, 0.29) is 0 Å². The molecule has 0 spiro atoms. The average molecular weight is 201 g/mol. The predicted octanol–water partition coefficient (Wildman–Crippen LogP) is 3.20. The van der Waals surface area contributed by atoms with E-state index < -0.39 is 0 Å². The van der Waals surface area contributed by atoms with Crippen LogP contribution in [0, 0.1) is 0 Å². The van der Waals surface area contributed by atoms with Crippen molar-refractivity contribution in [3.8, 4) is 0 Å². The Labute approximate surface area is 89.5 Å². The molecule has 0 saturated carbocycles. The van der Waals surface area contributed by atoms with Gasteiger partial charge in [-0.3, -0.25) is 4.90 Å². The first-order chi connectivity index (χ1) is 7.36. The first kappa shape index (κ1) is 8.98. The van der Waals surface area contributed by atoms with Crippen LogP contribution >= 0.6 is 0 Å². The highest BCUT2D eigenvalue weighted by Gasteiger charge is 2.25. The second-order valence-electron chi connectivity index (χ2n) is 4.33. The summed E-state index contributed by atoms with van der Waals surface area (Å²) in [5.41, 5.74) is 2.36. The van der Waals surface area contributed by atoms with Crippen molar-refractivity contribution < 1.29 is 4.42 Å². The molecule has 2 heteroatoms. The van der Waals surface area contributed by atoms with E-state index in [0.717, 1.165) is 5.58 Å². The van der Waals surface area contributed by atoms with Crippen LogP contribution in [-0.2, 0) is 0 Å². The predicted molar refractivity (Wildman–Crippen MR) is 60.8 cm³/mol. The van der Waals surface area contributed by atoms with E-state index in [1.165, 1.54) is 30.3 Å². The molecule has 1 aromatic carbocycles. The molecule has 1 aliphatic rings. The fraction of sp³-hybridized carbons (Fsp3) is 0.385. The number of hydrogen-bond donors (Lipinski definition) is 0. The monoisotopic (exact) mass is 201 g/mol. The molecule has 78 valence electrons. The summed E-state index contributed by atoms with van der Waals surface area (Å²) in [6, 6.07) is 8.84. The molecule has 2 aromatic rings. The Morgan fingerprint density at radius 1 is 1.33 bits per heavy atom. The Bertz CT molecular complexity index is 474. The number of benzene rings is 1. The normalized spacial score (nSPS) is 22.6. The van der Waals surface area contributed by atoms with Crippen molar-refractivity contribution in [2.75, 3.05) is 13.6 Å². The molecule has 1 aromatic heterocycles. The molecule has 3 rings (SSSR count). The minimum atomic E-state index is 0.550. The number of fused-ring (bicyclic) bond motifs is 1. The molecule has 0 bridgehead atoms. The van der Waals surface area contributed by atoms with E-state index >= 15 is 0 Å². The second-order valence-corrected chi connectivity index (χ2v) is 4.33. The van der Waals surface area contributed by atoms with Gasteiger partial charge in [0.25, 0.3) is 0 Å². The number of likely N-dealkylation sites (tertiary alicyclic amines) is 1. The zero-order chi connectivity index (χ0) is 10.3. The molecule has 0 aliphatic carbocycles. The molecule has 0 radical (unpaired) electrons. The van der Waals surface area contributed by atoms with Gasteiger partial charge in [-0.2, -0.15) is 0 Å². The van der Waals surface area contributed by atoms with Gasteiger partial charge < -0.3 is 4.42 Å². The number of rotatable bonds is 1. The van der Waals surface area contributed by atoms with Crippen LogP contribution in [0.15, 0.2) is 34.9 Å². The van der Waals surface area contributed by atoms with Gasteiger partial charge in [-0.05, 0) is 32.5 Å². The number of nitrogens with zero attached hydrogens (tertiary/aromatic N) is 1. The smallest absolute Gasteiger partial charge is 0.134 e. The van der Waals surface area contributed by atoms with Crippen molar-refractivity contribution in [1.82, 2.24) is 4.90 Å². The summed E-state index contributed by atoms with van der Waals surface area (Å²) in [5, 5.41) is 1.27. The maximum atomic E-state index is 5.58. The highest BCUT2D eigenvalue weighted by molar-refractivity contribution is 5.81. The Kier molecular flexibility index (Phi) is 2.03. The Hall–Kier alpha value is -1.28. The van der Waals surface area contributed by atoms with Crippen LogP contribution in [0.25, 0.3) is 11.0 Å². The van der Waals surface area contributed by atoms with Crippen LogP contribution in [0.5, 0.6) is 0 Å². The Morgan fingerprint density at radius 2 is 2.20 bits per heavy atom. The largest absolute Gasteiger partial charge is 0.464 e. The van der Waals surface area contributed by atoms with E-state index in [1.54, 1.807) is 0 Å². The zero-order valence-electron chi connectivity index (χ0n) is 8.94. The fourth-order valence-corrected chi connectivity index (χ4v) is 2.56. The molecule has 0 N–H and O–H groups in total. The third-order valence-electron chi connectivity index (χ3n) is 3.39. The molecule has 1 atom stereocenters. The van der Waals surface area contributed by atoms with Gasteiger partial charge in [0.15, 0.2) is 0 Å². The number of hydrogen-bond acceptors (Lipinski definition) is 2. The van der Waals surface area contributed by atoms with Crippen molar-refractivity contribution in [2.45, 2.75) is 18.9 Å². The highest BCUT2D eigenvalue weighted by Crippen LogP contribution is 2.35. The van der Waals surface area contributed by atoms with Crippen LogP contribution in [-0.4, -0.2) is 18.5 Å². The number of para-hydroxylation sites is 1. The van der Waals surface area contributed by atoms with Crippen LogP contribution < -0.4 is 0 Å². The van der Waals surface area contributed by atoms with Crippen LogP contribution in [0.4, 0.5) is 0 Å². The average Bonchev–Trinajstić information content (AvgIpc) is 2.83. The zero-order valence-corrected chi connectivity index (χ0v) is 8.94. The molecule has 1 fully saturated rings. The lowest BCUT2D eigenvalue weighted by Crippen LogP contribution is -2.16. The molecule has 2 nitrogen and oxygen atoms in total. The van der Waals surface area contributed by atoms with Crippen LogP contribution in [0.2, 0.25) is 0 Å². The first-order valence-corrected chi connectivity index (χ1v) is 5.52. The van der Waals surface area contributed by atoms with Gasteiger partial charge in [-0.25, -0.2) is 0 Å². The quantitative estimate of drug-likeness (QED) is 0.704. The molecule has 15 heavy (non-hydrogen) atoms. The van der Waals surface area contributed by atoms with Crippen molar-refractivity contribution in [3.05, 3.63) is 36.1 Å². The van der Waals surface area contributed by atoms with Gasteiger partial charge in [0.2, 0.25) is 0 Å². The second kappa shape index (κ2) is 3.38. The molecular weight excluding hydrogens is 186 g/mol. The van der Waals surface area contributed by atoms with E-state index in [9.17, 15) is 0 Å². The lowest BCUT2D eigenvalue weighted by Gasteiger charge is -2.17. The lowest BCUT2D eigenvalue weighted by atomic mass is 10.0. The van der Waals surface area contributed by atoms with Gasteiger partial charge >= 0.3 is 0 Å². The molecule has 2 heterocycles. The van der Waals surface area contributed by atoms with E-state index in [2.05, 4.69) is 24.1 Å². The van der Waals surface area contributed by atoms with Crippen LogP contribution in [0.3, 0.4) is 0 Å². The molecule has 1 saturated heterocycles. The van der Waals surface area contributed by atoms with E-state index in [1.807, 2.05) is 18.4 Å². The molecule has 1 unspecified atom stereocenters. The Balaban J connectivity index is 2.10. The molecule has 1 aliphatic heterocycles. The summed E-state index contributed by atoms with van der Waals surface area (Å²) >= 11 is 0. The summed E-state index contributed by atoms with van der Waals surface area (Å²) in [7, 11) is 2.19. The third-order valence-corrected chi connectivity index (χ3v) is 3.39. The van der Waals surface area contributed by atoms with E-state index in [0.29, 0.717) is 6.04 Å². The summed E-state index contributed by atoms with van der Waals surface area (Å²) in [6.07, 6.45) is 4.47. The van der Waals surface area contributed by atoms with Gasteiger partial charge in [-0.1, -0.05) is 18.2 Å². The highest BCUT2D eigenvalue weighted by atomic mass is 16.3. The fourth-order valence-electron chi connectivity index (χ4n) is 2.56. The Morgan fingerprint density at radius 3 is 3.00 bits per heavy atom. The summed E-state index contributed by atoms with van der Waals surface area (Å²) < 4.78 is 5.58. The summed E-state index contributed by atoms with van der Waals surface area (Å²) in [4.78, 5) is 2.41. The van der Waals surface area contributed by atoms with Gasteiger partial charge in [0.1, 0.15) is 5.58 Å². The van der Waals surface area contributed by atoms with Crippen LogP contribution in [0.1, 0.15) is 24.4 Å². The van der Waals surface area contributed by atoms with Gasteiger partial charge in [-0.15, -0.1) is 0 Å². The maximum absolute atomic E-state index is 5.58. The lowest BCUT2D eigenvalue weighted by molar-refractivity contribution is 0.317. The van der Waals surface area contributed by atoms with Crippen molar-refractivity contribution in [3.63, 3.8) is 0 Å². The minimum Gasteiger partial charge on any atom is -0.464 e. The van der Waals surface area contributed by atoms with Gasteiger partial charge in [0.05, 0.1) is 6.26 Å². The summed E-state index contributed by atoms with van der Waals surface area (Å²) in [5.74, 6) is 0. The van der Waals surface area contributed by atoms with Gasteiger partial charge in [0, 0.05) is 17.0 Å². The summed E-state index contributed by atoms with van der Waals surface area (Å²) in [6.45, 7) is 1.20. The van der Waals surface area contributed by atoms with Crippen molar-refractivity contribution in [2.24, 2.45) is 0 Å². The minimum absolute atomic E-state index is 0.550. The SMILES string of the molecule is CN1CCCC1c1coc2ccccc12. The topological polar surface area (TPSA) is 16.4 Å². The molecular formula is C13H15NO. The third kappa shape index (κ3) is 1.37. The first-order valence-electron chi connectivity index (χ1n) is 5.52. The van der Waals surface area contributed by atoms with E-state index in [4.69, 9.17) is 4.42 Å². The van der Waals surface area contributed by atoms with Crippen molar-refractivity contribution in [1.29, 1.82) is 0 Å². The van der Waals surface area contributed by atoms with Crippen molar-refractivity contribution >= 4 is 11.0 Å². The maximum Gasteiger partial charge on any atom is 0.134 e. The standard InChI is InChI=1S/C13H15NO/c1-14-8-4-6-12(14)11-9-15-13-7-3-2-5-10(11)13/h2-3,5,7,9,12H,4,6,8H2,1H3. The number of furan rings is 1. The molecule has 0 amide bonds.